The highest BCUT2D eigenvalue weighted by Gasteiger charge is 2.12. The van der Waals surface area contributed by atoms with E-state index >= 15 is 0 Å². The van der Waals surface area contributed by atoms with Crippen molar-refractivity contribution in [2.45, 2.75) is 19.3 Å². The number of aromatic hydroxyl groups is 1. The Morgan fingerprint density at radius 2 is 1.57 bits per heavy atom. The second-order valence-corrected chi connectivity index (χ2v) is 7.63. The first kappa shape index (κ1) is 21.9. The molecule has 0 aliphatic heterocycles. The van der Waals surface area contributed by atoms with E-state index in [2.05, 4.69) is 0 Å². The highest BCUT2D eigenvalue weighted by Crippen LogP contribution is 2.33. The topological polar surface area (TPSA) is 66.8 Å². The van der Waals surface area contributed by atoms with E-state index in [1.54, 1.807) is 24.3 Å². The van der Waals surface area contributed by atoms with E-state index in [1.807, 2.05) is 6.07 Å². The minimum Gasteiger partial charge on any atom is -0.508 e. The predicted molar refractivity (Wildman–Crippen MR) is 114 cm³/mol. The summed E-state index contributed by atoms with van der Waals surface area (Å²) in [5.41, 5.74) is 3.33. The summed E-state index contributed by atoms with van der Waals surface area (Å²) in [6, 6.07) is 14.6. The van der Waals surface area contributed by atoms with Crippen molar-refractivity contribution in [3.05, 3.63) is 92.7 Å². The minimum atomic E-state index is -1.09. The minimum absolute atomic E-state index is 0.190. The van der Waals surface area contributed by atoms with Crippen molar-refractivity contribution in [2.75, 3.05) is 6.61 Å². The van der Waals surface area contributed by atoms with E-state index in [1.165, 1.54) is 24.3 Å². The van der Waals surface area contributed by atoms with E-state index in [4.69, 9.17) is 33.0 Å². The standard InChI is InChI=1S/C23H19Cl2FO4/c24-20-11-18(30-13-23(28)29)12-21(25)19(20)10-15-4-8-22(27)16(9-15)5-1-14-2-6-17(26)7-3-14/h2-4,6-9,11-12,27H,1,5,10,13H2,(H,28,29). The SMILES string of the molecule is O=C(O)COc1cc(Cl)c(Cc2ccc(O)c(CCc3ccc(F)cc3)c2)c(Cl)c1. The Balaban J connectivity index is 1.74. The van der Waals surface area contributed by atoms with Crippen LogP contribution in [-0.2, 0) is 24.1 Å². The maximum absolute atomic E-state index is 13.0. The molecule has 3 rings (SSSR count). The van der Waals surface area contributed by atoms with Gasteiger partial charge in [0, 0.05) is 16.5 Å². The number of phenolic OH excluding ortho intramolecular Hbond substituents is 1. The maximum Gasteiger partial charge on any atom is 0.341 e. The highest BCUT2D eigenvalue weighted by molar-refractivity contribution is 6.36. The summed E-state index contributed by atoms with van der Waals surface area (Å²) in [5, 5.41) is 19.6. The summed E-state index contributed by atoms with van der Waals surface area (Å²) in [4.78, 5) is 10.6. The summed E-state index contributed by atoms with van der Waals surface area (Å²) in [7, 11) is 0. The molecule has 0 radical (unpaired) electrons. The Kier molecular flexibility index (Phi) is 7.19. The molecule has 156 valence electrons. The summed E-state index contributed by atoms with van der Waals surface area (Å²) in [6.07, 6.45) is 1.68. The Bertz CT molecular complexity index is 1030. The number of rotatable bonds is 8. The molecule has 0 bridgehead atoms. The van der Waals surface area contributed by atoms with Crippen LogP contribution in [-0.4, -0.2) is 22.8 Å². The average molecular weight is 449 g/mol. The third-order valence-corrected chi connectivity index (χ3v) is 5.27. The second-order valence-electron chi connectivity index (χ2n) is 6.81. The molecular formula is C23H19Cl2FO4. The molecule has 0 amide bonds. The Labute approximate surface area is 183 Å². The zero-order valence-corrected chi connectivity index (χ0v) is 17.4. The van der Waals surface area contributed by atoms with Crippen molar-refractivity contribution in [3.8, 4) is 11.5 Å². The van der Waals surface area contributed by atoms with Crippen molar-refractivity contribution < 1.29 is 24.1 Å². The molecule has 0 aliphatic rings. The fourth-order valence-corrected chi connectivity index (χ4v) is 3.66. The number of hydrogen-bond donors (Lipinski definition) is 2. The van der Waals surface area contributed by atoms with Gasteiger partial charge in [0.1, 0.15) is 17.3 Å². The van der Waals surface area contributed by atoms with Crippen molar-refractivity contribution in [3.63, 3.8) is 0 Å². The molecule has 30 heavy (non-hydrogen) atoms. The first-order chi connectivity index (χ1) is 14.3. The molecule has 2 N–H and O–H groups in total. The van der Waals surface area contributed by atoms with E-state index in [0.717, 1.165) is 16.7 Å². The number of aliphatic carboxylic acids is 1. The van der Waals surface area contributed by atoms with Crippen LogP contribution in [0.3, 0.4) is 0 Å². The largest absolute Gasteiger partial charge is 0.508 e. The molecule has 0 heterocycles. The van der Waals surface area contributed by atoms with Crippen molar-refractivity contribution in [1.29, 1.82) is 0 Å². The number of carboxylic acids is 1. The van der Waals surface area contributed by atoms with Gasteiger partial charge >= 0.3 is 5.97 Å². The van der Waals surface area contributed by atoms with Gasteiger partial charge in [-0.1, -0.05) is 47.5 Å². The zero-order valence-electron chi connectivity index (χ0n) is 15.9. The second kappa shape index (κ2) is 9.83. The number of carbonyl (C=O) groups is 1. The van der Waals surface area contributed by atoms with Crippen LogP contribution in [0, 0.1) is 5.82 Å². The van der Waals surface area contributed by atoms with Gasteiger partial charge in [0.2, 0.25) is 0 Å². The average Bonchev–Trinajstić information content (AvgIpc) is 2.70. The third kappa shape index (κ3) is 5.88. The summed E-state index contributed by atoms with van der Waals surface area (Å²) in [6.45, 7) is -0.485. The van der Waals surface area contributed by atoms with E-state index in [9.17, 15) is 14.3 Å². The van der Waals surface area contributed by atoms with Crippen LogP contribution in [0.5, 0.6) is 11.5 Å². The lowest BCUT2D eigenvalue weighted by atomic mass is 9.98. The lowest BCUT2D eigenvalue weighted by molar-refractivity contribution is -0.139. The number of benzene rings is 3. The number of ether oxygens (including phenoxy) is 1. The van der Waals surface area contributed by atoms with E-state index < -0.39 is 12.6 Å². The normalized spacial score (nSPS) is 10.8. The number of hydrogen-bond acceptors (Lipinski definition) is 3. The Hall–Kier alpha value is -2.76. The lowest BCUT2D eigenvalue weighted by Gasteiger charge is -2.12. The molecule has 0 fully saturated rings. The summed E-state index contributed by atoms with van der Waals surface area (Å²) >= 11 is 12.7. The van der Waals surface area contributed by atoms with Gasteiger partial charge in [-0.05, 0) is 65.4 Å². The molecule has 0 spiro atoms. The molecule has 4 nitrogen and oxygen atoms in total. The van der Waals surface area contributed by atoms with Crippen LogP contribution in [0.4, 0.5) is 4.39 Å². The van der Waals surface area contributed by atoms with Gasteiger partial charge in [0.25, 0.3) is 0 Å². The van der Waals surface area contributed by atoms with Crippen LogP contribution in [0.2, 0.25) is 10.0 Å². The Morgan fingerprint density at radius 1 is 0.933 bits per heavy atom. The smallest absolute Gasteiger partial charge is 0.341 e. The molecule has 0 aromatic heterocycles. The molecule has 0 saturated heterocycles. The molecule has 0 unspecified atom stereocenters. The Morgan fingerprint density at radius 3 is 2.20 bits per heavy atom. The number of carboxylic acid groups (broad SMARTS) is 1. The molecular weight excluding hydrogens is 430 g/mol. The van der Waals surface area contributed by atoms with Gasteiger partial charge in [-0.25, -0.2) is 9.18 Å². The fraction of sp³-hybridized carbons (Fsp3) is 0.174. The molecule has 0 aliphatic carbocycles. The van der Waals surface area contributed by atoms with Gasteiger partial charge in [-0.3, -0.25) is 0 Å². The molecule has 7 heteroatoms. The van der Waals surface area contributed by atoms with Gasteiger partial charge in [0.05, 0.1) is 0 Å². The summed E-state index contributed by atoms with van der Waals surface area (Å²) in [5.74, 6) is -0.905. The van der Waals surface area contributed by atoms with Crippen LogP contribution in [0.15, 0.2) is 54.6 Å². The van der Waals surface area contributed by atoms with Gasteiger partial charge in [-0.2, -0.15) is 0 Å². The van der Waals surface area contributed by atoms with E-state index in [0.29, 0.717) is 34.9 Å². The summed E-state index contributed by atoms with van der Waals surface area (Å²) < 4.78 is 18.2. The molecule has 0 saturated carbocycles. The van der Waals surface area contributed by atoms with Crippen LogP contribution in [0.1, 0.15) is 22.3 Å². The van der Waals surface area contributed by atoms with Gasteiger partial charge < -0.3 is 14.9 Å². The van der Waals surface area contributed by atoms with Gasteiger partial charge in [-0.15, -0.1) is 0 Å². The molecule has 3 aromatic rings. The quantitative estimate of drug-likeness (QED) is 0.465. The maximum atomic E-state index is 13.0. The van der Waals surface area contributed by atoms with Crippen LogP contribution in [0.25, 0.3) is 0 Å². The van der Waals surface area contributed by atoms with E-state index in [-0.39, 0.29) is 17.3 Å². The van der Waals surface area contributed by atoms with Crippen LogP contribution >= 0.6 is 23.2 Å². The van der Waals surface area contributed by atoms with Crippen molar-refractivity contribution in [1.82, 2.24) is 0 Å². The zero-order chi connectivity index (χ0) is 21.7. The molecule has 0 atom stereocenters. The first-order valence-electron chi connectivity index (χ1n) is 9.19. The predicted octanol–water partition coefficient (Wildman–Crippen LogP) is 5.68. The fourth-order valence-electron chi connectivity index (χ4n) is 3.06. The number of phenols is 1. The van der Waals surface area contributed by atoms with Gasteiger partial charge in [0.15, 0.2) is 6.61 Å². The monoisotopic (exact) mass is 448 g/mol. The van der Waals surface area contributed by atoms with Crippen LogP contribution < -0.4 is 4.74 Å². The van der Waals surface area contributed by atoms with Crippen molar-refractivity contribution in [2.24, 2.45) is 0 Å². The lowest BCUT2D eigenvalue weighted by Crippen LogP contribution is -2.09. The number of halogens is 3. The first-order valence-corrected chi connectivity index (χ1v) is 9.95. The third-order valence-electron chi connectivity index (χ3n) is 4.60. The molecule has 3 aromatic carbocycles. The highest BCUT2D eigenvalue weighted by atomic mass is 35.5. The van der Waals surface area contributed by atoms with Crippen molar-refractivity contribution >= 4 is 29.2 Å². The number of aryl methyl sites for hydroxylation is 2.